The van der Waals surface area contributed by atoms with Gasteiger partial charge in [0.25, 0.3) is 0 Å². The maximum absolute atomic E-state index is 7.13. The van der Waals surface area contributed by atoms with Crippen molar-refractivity contribution >= 4 is 0 Å². The lowest BCUT2D eigenvalue weighted by atomic mass is 9.52. The molecule has 16 atom stereocenters. The summed E-state index contributed by atoms with van der Waals surface area (Å²) in [6.45, 7) is 11.0. The van der Waals surface area contributed by atoms with E-state index in [-0.39, 0.29) is 24.8 Å². The quantitative estimate of drug-likeness (QED) is 0.233. The minimum Gasteiger partial charge on any atom is -0.346 e. The maximum Gasteiger partial charge on any atom is 0.201 e. The molecule has 11 rings (SSSR count). The summed E-state index contributed by atoms with van der Waals surface area (Å²) in [5.41, 5.74) is 0.298. The molecule has 11 aliphatic rings. The highest BCUT2D eigenvalue weighted by Gasteiger charge is 2.73. The summed E-state index contributed by atoms with van der Waals surface area (Å²) in [4.78, 5) is 25.6. The van der Waals surface area contributed by atoms with Gasteiger partial charge in [0.05, 0.1) is 12.2 Å². The predicted octanol–water partition coefficient (Wildman–Crippen LogP) is 6.58. The molecule has 0 aromatic carbocycles. The van der Waals surface area contributed by atoms with Crippen LogP contribution in [-0.4, -0.2) is 47.6 Å². The van der Waals surface area contributed by atoms with Gasteiger partial charge in [-0.2, -0.15) is 0 Å². The highest BCUT2D eigenvalue weighted by atomic mass is 17.3. The molecule has 8 nitrogen and oxygen atoms in total. The van der Waals surface area contributed by atoms with Crippen molar-refractivity contribution in [2.24, 2.45) is 47.3 Å². The summed E-state index contributed by atoms with van der Waals surface area (Å²) < 4.78 is 27.7. The van der Waals surface area contributed by atoms with Crippen molar-refractivity contribution in [1.82, 2.24) is 0 Å². The summed E-state index contributed by atoms with van der Waals surface area (Å²) >= 11 is 0. The van der Waals surface area contributed by atoms with Crippen LogP contribution in [0.2, 0.25) is 0 Å². The second kappa shape index (κ2) is 9.25. The molecule has 1 unspecified atom stereocenters. The first kappa shape index (κ1) is 27.7. The molecule has 4 bridgehead atoms. The van der Waals surface area contributed by atoms with E-state index in [0.717, 1.165) is 57.8 Å². The van der Waals surface area contributed by atoms with E-state index in [9.17, 15) is 0 Å². The molecule has 42 heavy (non-hydrogen) atoms. The third-order valence-corrected chi connectivity index (χ3v) is 14.0. The number of allylic oxidation sites excluding steroid dienone is 1. The molecule has 0 aromatic heterocycles. The van der Waals surface area contributed by atoms with Crippen LogP contribution in [0.5, 0.6) is 0 Å². The van der Waals surface area contributed by atoms with Gasteiger partial charge >= 0.3 is 0 Å². The average molecular weight is 587 g/mol. The van der Waals surface area contributed by atoms with E-state index < -0.39 is 22.8 Å². The third kappa shape index (κ3) is 3.58. The first-order valence-electron chi connectivity index (χ1n) is 17.2. The third-order valence-electron chi connectivity index (χ3n) is 14.0. The van der Waals surface area contributed by atoms with Crippen LogP contribution in [0, 0.1) is 47.3 Å². The SMILES string of the molecule is CC=C1CC2O[C@@H]3O[C@]4(C)CC[C@H]5[C@H](C)CC[C@@H]([C@H]2C[C@H]2[C@@H](C1)O[C@@H]1O[C@]6(C)CC[C@H]7[C@H](C)CC[C@@H]2[C@@]17OO6)[C@@]35OO4. The van der Waals surface area contributed by atoms with E-state index in [1.807, 2.05) is 13.8 Å². The standard InChI is InChI=1S/C34H50O8/c1-6-20-15-27-21(25-9-7-18(2)23-11-13-31(4)37-29(35-27)33(23,25)41-39-31)17-22-26-10-8-19(3)24-12-14-32(5)38-30(36-28(22)16-20)34(24,26)42-40-32/h6,18-19,21-30H,7-17H2,1-5H3/t18-,19-,21-,22-,23+,24+,25+,26+,27-,28?,29-,30-,31+,32+,33-,34-/m1/s1. The Bertz CT molecular complexity index is 1060. The predicted molar refractivity (Wildman–Crippen MR) is 150 cm³/mol. The van der Waals surface area contributed by atoms with Crippen LogP contribution in [0.1, 0.15) is 105 Å². The number of ether oxygens (including phenoxy) is 4. The Balaban J connectivity index is 1.14. The fourth-order valence-electron chi connectivity index (χ4n) is 11.8. The lowest BCUT2D eigenvalue weighted by Crippen LogP contribution is -2.73. The van der Waals surface area contributed by atoms with Crippen molar-refractivity contribution in [2.75, 3.05) is 0 Å². The zero-order valence-corrected chi connectivity index (χ0v) is 26.0. The number of hydrogen-bond acceptors (Lipinski definition) is 8. The maximum atomic E-state index is 7.13. The molecule has 3 aliphatic carbocycles. The van der Waals surface area contributed by atoms with Gasteiger partial charge in [0.15, 0.2) is 23.8 Å². The van der Waals surface area contributed by atoms with Crippen LogP contribution in [0.3, 0.4) is 0 Å². The Morgan fingerprint density at radius 2 is 1.10 bits per heavy atom. The van der Waals surface area contributed by atoms with Crippen LogP contribution in [-0.2, 0) is 38.5 Å². The van der Waals surface area contributed by atoms with Gasteiger partial charge < -0.3 is 18.9 Å². The van der Waals surface area contributed by atoms with Crippen LogP contribution < -0.4 is 0 Å². The number of hydrogen-bond donors (Lipinski definition) is 0. The highest BCUT2D eigenvalue weighted by molar-refractivity contribution is 5.18. The average Bonchev–Trinajstić information content (AvgIpc) is 3.33. The van der Waals surface area contributed by atoms with Crippen molar-refractivity contribution in [3.63, 3.8) is 0 Å². The molecule has 2 spiro atoms. The normalized spacial score (nSPS) is 62.5. The monoisotopic (exact) mass is 586 g/mol. The molecule has 0 amide bonds. The minimum atomic E-state index is -0.744. The van der Waals surface area contributed by atoms with Crippen LogP contribution in [0.4, 0.5) is 0 Å². The molecule has 8 heteroatoms. The molecule has 3 saturated carbocycles. The van der Waals surface area contributed by atoms with Gasteiger partial charge in [-0.05, 0) is 114 Å². The fraction of sp³-hybridized carbons (Fsp3) is 0.941. The van der Waals surface area contributed by atoms with E-state index >= 15 is 0 Å². The minimum absolute atomic E-state index is 0.0871. The second-order valence-electron chi connectivity index (χ2n) is 16.1. The van der Waals surface area contributed by atoms with Gasteiger partial charge in [0.2, 0.25) is 11.6 Å². The molecule has 0 N–H and O–H groups in total. The second-order valence-corrected chi connectivity index (χ2v) is 16.1. The van der Waals surface area contributed by atoms with E-state index in [1.54, 1.807) is 0 Å². The lowest BCUT2D eigenvalue weighted by molar-refractivity contribution is -0.575. The molecule has 8 heterocycles. The van der Waals surface area contributed by atoms with Crippen LogP contribution >= 0.6 is 0 Å². The Labute approximate surface area is 250 Å². The topological polar surface area (TPSA) is 73.8 Å². The highest BCUT2D eigenvalue weighted by Crippen LogP contribution is 2.66. The molecule has 8 saturated heterocycles. The molecular formula is C34H50O8. The Kier molecular flexibility index (Phi) is 6.10. The summed E-state index contributed by atoms with van der Waals surface area (Å²) in [7, 11) is 0. The largest absolute Gasteiger partial charge is 0.346 e. The van der Waals surface area contributed by atoms with Crippen molar-refractivity contribution < 1.29 is 38.5 Å². The van der Waals surface area contributed by atoms with E-state index in [1.165, 1.54) is 18.4 Å². The van der Waals surface area contributed by atoms with Gasteiger partial charge in [0.1, 0.15) is 0 Å². The molecule has 0 aromatic rings. The summed E-state index contributed by atoms with van der Waals surface area (Å²) in [6.07, 6.45) is 13.0. The molecule has 8 aliphatic heterocycles. The summed E-state index contributed by atoms with van der Waals surface area (Å²) in [5.74, 6) is 1.61. The zero-order valence-electron chi connectivity index (χ0n) is 26.0. The Morgan fingerprint density at radius 1 is 0.619 bits per heavy atom. The van der Waals surface area contributed by atoms with E-state index in [2.05, 4.69) is 26.8 Å². The number of fused-ring (bicyclic) bond motifs is 8. The first-order chi connectivity index (χ1) is 20.2. The molecular weight excluding hydrogens is 536 g/mol. The van der Waals surface area contributed by atoms with Gasteiger partial charge in [0, 0.05) is 24.7 Å². The van der Waals surface area contributed by atoms with Gasteiger partial charge in [-0.3, -0.25) is 0 Å². The van der Waals surface area contributed by atoms with Crippen molar-refractivity contribution in [3.05, 3.63) is 11.6 Å². The van der Waals surface area contributed by atoms with Crippen molar-refractivity contribution in [2.45, 2.75) is 153 Å². The van der Waals surface area contributed by atoms with Crippen molar-refractivity contribution in [3.8, 4) is 0 Å². The molecule has 11 fully saturated rings. The first-order valence-corrected chi connectivity index (χ1v) is 17.2. The Hall–Kier alpha value is -0.580. The molecule has 234 valence electrons. The van der Waals surface area contributed by atoms with Gasteiger partial charge in [-0.25, -0.2) is 19.6 Å². The smallest absolute Gasteiger partial charge is 0.201 e. The van der Waals surface area contributed by atoms with E-state index in [4.69, 9.17) is 38.5 Å². The lowest BCUT2D eigenvalue weighted by Gasteiger charge is -2.64. The fourth-order valence-corrected chi connectivity index (χ4v) is 11.8. The van der Waals surface area contributed by atoms with Gasteiger partial charge in [-0.15, -0.1) is 0 Å². The summed E-state index contributed by atoms with van der Waals surface area (Å²) in [5, 5.41) is 0. The van der Waals surface area contributed by atoms with Crippen LogP contribution in [0.15, 0.2) is 11.6 Å². The van der Waals surface area contributed by atoms with E-state index in [0.29, 0.717) is 47.3 Å². The Morgan fingerprint density at radius 3 is 1.55 bits per heavy atom. The van der Waals surface area contributed by atoms with Gasteiger partial charge in [-0.1, -0.05) is 25.5 Å². The molecule has 0 radical (unpaired) electrons. The van der Waals surface area contributed by atoms with Crippen LogP contribution in [0.25, 0.3) is 0 Å². The number of rotatable bonds is 0. The van der Waals surface area contributed by atoms with Crippen molar-refractivity contribution in [1.29, 1.82) is 0 Å². The zero-order chi connectivity index (χ0) is 28.6. The summed E-state index contributed by atoms with van der Waals surface area (Å²) in [6, 6.07) is 0.